The van der Waals surface area contributed by atoms with E-state index in [2.05, 4.69) is 31.1 Å². The van der Waals surface area contributed by atoms with Crippen molar-refractivity contribution in [1.29, 1.82) is 0 Å². The molecular weight excluding hydrogens is 260 g/mol. The van der Waals surface area contributed by atoms with Crippen molar-refractivity contribution in [3.05, 3.63) is 35.9 Å². The van der Waals surface area contributed by atoms with Crippen LogP contribution in [0.15, 0.2) is 24.8 Å². The second-order valence-corrected chi connectivity index (χ2v) is 6.56. The molecule has 2 aromatic rings. The van der Waals surface area contributed by atoms with Crippen LogP contribution in [0.5, 0.6) is 0 Å². The summed E-state index contributed by atoms with van der Waals surface area (Å²) in [5.41, 5.74) is 3.55. The van der Waals surface area contributed by atoms with E-state index in [1.807, 2.05) is 16.9 Å². The molecule has 0 saturated heterocycles. The number of unbranched alkanes of at least 4 members (excludes halogenated alkanes) is 2. The Bertz CT molecular complexity index is 600. The maximum atomic E-state index is 10.9. The topological polar surface area (TPSA) is 37.5 Å². The first-order valence-electron chi connectivity index (χ1n) is 8.35. The molecule has 1 fully saturated rings. The monoisotopic (exact) mass is 286 g/mol. The van der Waals surface area contributed by atoms with Crippen LogP contribution in [0.3, 0.4) is 0 Å². The maximum absolute atomic E-state index is 10.9. The van der Waals surface area contributed by atoms with Gasteiger partial charge in [0.25, 0.3) is 0 Å². The summed E-state index contributed by atoms with van der Waals surface area (Å²) in [5.74, 6) is 0.951. The molecule has 0 aromatic carbocycles. The van der Waals surface area contributed by atoms with Crippen LogP contribution in [0.25, 0.3) is 5.52 Å². The van der Waals surface area contributed by atoms with Crippen LogP contribution >= 0.6 is 0 Å². The molecule has 2 heterocycles. The third-order valence-electron chi connectivity index (χ3n) is 4.78. The second kappa shape index (κ2) is 6.18. The van der Waals surface area contributed by atoms with Gasteiger partial charge in [-0.25, -0.2) is 4.98 Å². The molecule has 1 N–H and O–H groups in total. The highest BCUT2D eigenvalue weighted by Crippen LogP contribution is 2.45. The van der Waals surface area contributed by atoms with E-state index in [4.69, 9.17) is 0 Å². The van der Waals surface area contributed by atoms with Crippen LogP contribution < -0.4 is 0 Å². The predicted octanol–water partition coefficient (Wildman–Crippen LogP) is 4.46. The zero-order valence-electron chi connectivity index (χ0n) is 13.1. The molecule has 1 aliphatic carbocycles. The fourth-order valence-corrected chi connectivity index (χ4v) is 3.26. The molecule has 1 aliphatic rings. The van der Waals surface area contributed by atoms with Crippen molar-refractivity contribution in [3.8, 4) is 0 Å². The van der Waals surface area contributed by atoms with Crippen molar-refractivity contribution in [1.82, 2.24) is 9.38 Å². The highest BCUT2D eigenvalue weighted by Gasteiger charge is 2.31. The first-order chi connectivity index (χ1) is 10.2. The van der Waals surface area contributed by atoms with Crippen LogP contribution in [-0.4, -0.2) is 14.5 Å². The molecule has 2 atom stereocenters. The summed E-state index contributed by atoms with van der Waals surface area (Å²) >= 11 is 0. The molecule has 0 bridgehead atoms. The molecule has 3 rings (SSSR count). The van der Waals surface area contributed by atoms with Crippen LogP contribution in [0.1, 0.15) is 75.5 Å². The average Bonchev–Trinajstić information content (AvgIpc) is 3.22. The smallest absolute Gasteiger partial charge is 0.0992 e. The number of rotatable bonds is 7. The molecule has 2 unspecified atom stereocenters. The third-order valence-corrected chi connectivity index (χ3v) is 4.78. The first-order valence-corrected chi connectivity index (χ1v) is 8.35. The fourth-order valence-electron chi connectivity index (χ4n) is 3.26. The minimum atomic E-state index is -0.377. The van der Waals surface area contributed by atoms with Gasteiger partial charge in [0, 0.05) is 11.8 Å². The Morgan fingerprint density at radius 1 is 1.38 bits per heavy atom. The highest BCUT2D eigenvalue weighted by atomic mass is 16.3. The minimum Gasteiger partial charge on any atom is -0.388 e. The largest absolute Gasteiger partial charge is 0.388 e. The van der Waals surface area contributed by atoms with E-state index >= 15 is 0 Å². The van der Waals surface area contributed by atoms with Gasteiger partial charge in [-0.1, -0.05) is 33.1 Å². The lowest BCUT2D eigenvalue weighted by atomic mass is 9.88. The third kappa shape index (κ3) is 2.98. The van der Waals surface area contributed by atoms with Crippen molar-refractivity contribution in [2.24, 2.45) is 5.92 Å². The highest BCUT2D eigenvalue weighted by molar-refractivity contribution is 5.59. The zero-order chi connectivity index (χ0) is 14.8. The Kier molecular flexibility index (Phi) is 4.29. The number of pyridine rings is 1. The summed E-state index contributed by atoms with van der Waals surface area (Å²) in [4.78, 5) is 4.25. The molecule has 3 heteroatoms. The van der Waals surface area contributed by atoms with Gasteiger partial charge in [0.05, 0.1) is 24.1 Å². The van der Waals surface area contributed by atoms with Gasteiger partial charge in [-0.2, -0.15) is 0 Å². The summed E-state index contributed by atoms with van der Waals surface area (Å²) in [6.45, 7) is 4.40. The lowest BCUT2D eigenvalue weighted by molar-refractivity contribution is 0.111. The SMILES string of the molecule is CCCCCC(C)C(O)c1c(C2CC2)ccn2cncc12. The molecule has 0 spiro atoms. The molecule has 0 aliphatic heterocycles. The summed E-state index contributed by atoms with van der Waals surface area (Å²) < 4.78 is 2.03. The molecule has 0 amide bonds. The van der Waals surface area contributed by atoms with Crippen LogP contribution in [0, 0.1) is 5.92 Å². The van der Waals surface area contributed by atoms with Gasteiger partial charge < -0.3 is 9.51 Å². The Balaban J connectivity index is 1.89. The van der Waals surface area contributed by atoms with Crippen LogP contribution in [0.4, 0.5) is 0 Å². The molecule has 0 radical (unpaired) electrons. The van der Waals surface area contributed by atoms with Crippen molar-refractivity contribution < 1.29 is 5.11 Å². The number of hydrogen-bond acceptors (Lipinski definition) is 2. The number of fused-ring (bicyclic) bond motifs is 1. The van der Waals surface area contributed by atoms with E-state index in [1.54, 1.807) is 0 Å². The van der Waals surface area contributed by atoms with Gasteiger partial charge >= 0.3 is 0 Å². The van der Waals surface area contributed by atoms with Crippen LogP contribution in [-0.2, 0) is 0 Å². The molecule has 2 aromatic heterocycles. The Morgan fingerprint density at radius 2 is 2.19 bits per heavy atom. The number of aliphatic hydroxyl groups excluding tert-OH is 1. The van der Waals surface area contributed by atoms with Gasteiger partial charge in [0.2, 0.25) is 0 Å². The minimum absolute atomic E-state index is 0.301. The number of aromatic nitrogens is 2. The van der Waals surface area contributed by atoms with Crippen molar-refractivity contribution in [2.75, 3.05) is 0 Å². The van der Waals surface area contributed by atoms with Gasteiger partial charge in [-0.3, -0.25) is 0 Å². The summed E-state index contributed by atoms with van der Waals surface area (Å²) in [6, 6.07) is 2.18. The summed E-state index contributed by atoms with van der Waals surface area (Å²) in [5, 5.41) is 10.9. The fraction of sp³-hybridized carbons (Fsp3) is 0.611. The Labute approximate surface area is 127 Å². The number of imidazole rings is 1. The summed E-state index contributed by atoms with van der Waals surface area (Å²) in [6.07, 6.45) is 12.7. The molecule has 3 nitrogen and oxygen atoms in total. The first kappa shape index (κ1) is 14.6. The molecule has 1 saturated carbocycles. The standard InChI is InChI=1S/C18H26N2O/c1-3-4-5-6-13(2)18(21)17-15(14-7-8-14)9-10-20-12-19-11-16(17)20/h9-14,18,21H,3-8H2,1-2H3. The van der Waals surface area contributed by atoms with Gasteiger partial charge in [-0.05, 0) is 42.7 Å². The number of nitrogens with zero attached hydrogens (tertiary/aromatic N) is 2. The zero-order valence-corrected chi connectivity index (χ0v) is 13.1. The molecule has 114 valence electrons. The normalized spacial score (nSPS) is 18.0. The number of hydrogen-bond donors (Lipinski definition) is 1. The van der Waals surface area contributed by atoms with Gasteiger partial charge in [0.1, 0.15) is 0 Å². The maximum Gasteiger partial charge on any atom is 0.0992 e. The summed E-state index contributed by atoms with van der Waals surface area (Å²) in [7, 11) is 0. The lowest BCUT2D eigenvalue weighted by Gasteiger charge is -2.23. The van der Waals surface area contributed by atoms with E-state index in [1.165, 1.54) is 37.7 Å². The Morgan fingerprint density at radius 3 is 2.90 bits per heavy atom. The predicted molar refractivity (Wildman–Crippen MR) is 85.4 cm³/mol. The quantitative estimate of drug-likeness (QED) is 0.763. The van der Waals surface area contributed by atoms with Crippen molar-refractivity contribution >= 4 is 5.52 Å². The van der Waals surface area contributed by atoms with Gasteiger partial charge in [0.15, 0.2) is 0 Å². The van der Waals surface area contributed by atoms with E-state index < -0.39 is 0 Å². The van der Waals surface area contributed by atoms with E-state index in [0.717, 1.165) is 17.5 Å². The Hall–Kier alpha value is -1.35. The van der Waals surface area contributed by atoms with E-state index in [9.17, 15) is 5.11 Å². The molecule has 21 heavy (non-hydrogen) atoms. The van der Waals surface area contributed by atoms with E-state index in [-0.39, 0.29) is 6.10 Å². The van der Waals surface area contributed by atoms with Crippen molar-refractivity contribution in [3.63, 3.8) is 0 Å². The van der Waals surface area contributed by atoms with E-state index in [0.29, 0.717) is 11.8 Å². The lowest BCUT2D eigenvalue weighted by Crippen LogP contribution is -2.13. The average molecular weight is 286 g/mol. The second-order valence-electron chi connectivity index (χ2n) is 6.56. The van der Waals surface area contributed by atoms with Crippen LogP contribution in [0.2, 0.25) is 0 Å². The van der Waals surface area contributed by atoms with Gasteiger partial charge in [-0.15, -0.1) is 0 Å². The van der Waals surface area contributed by atoms with Crippen molar-refractivity contribution in [2.45, 2.75) is 64.4 Å². The molecular formula is C18H26N2O. The number of aliphatic hydroxyl groups is 1.